The summed E-state index contributed by atoms with van der Waals surface area (Å²) < 4.78 is 40.0. The van der Waals surface area contributed by atoms with Crippen molar-refractivity contribution < 1.29 is 82.7 Å². The third-order valence-electron chi connectivity index (χ3n) is 9.35. The van der Waals surface area contributed by atoms with Gasteiger partial charge in [-0.3, -0.25) is 19.8 Å². The summed E-state index contributed by atoms with van der Waals surface area (Å²) in [5.74, 6) is -7.22. The van der Waals surface area contributed by atoms with E-state index in [1.807, 2.05) is 19.0 Å². The van der Waals surface area contributed by atoms with Crippen molar-refractivity contribution in [3.8, 4) is 0 Å². The second kappa shape index (κ2) is 18.1. The van der Waals surface area contributed by atoms with Crippen molar-refractivity contribution in [2.75, 3.05) is 13.7 Å². The van der Waals surface area contributed by atoms with Crippen molar-refractivity contribution in [2.45, 2.75) is 127 Å². The summed E-state index contributed by atoms with van der Waals surface area (Å²) in [6.07, 6.45) is -14.9. The Labute approximate surface area is 315 Å². The molecular formula is C34H46N2O17S. The number of allylic oxidation sites excluding steroid dienone is 1. The van der Waals surface area contributed by atoms with Crippen LogP contribution in [0.15, 0.2) is 28.1 Å². The maximum absolute atomic E-state index is 13.3. The van der Waals surface area contributed by atoms with E-state index in [-0.39, 0.29) is 24.5 Å². The summed E-state index contributed by atoms with van der Waals surface area (Å²) in [4.78, 5) is 66.2. The molecule has 2 fully saturated rings. The molecule has 0 saturated carbocycles. The SMILES string of the molecule is C/C=C(\N=C=S)C(=O)O[C@H]1[C@@H](O[C@@H]2C[C@H](OC)[C@@](O)([C@H](C)OC(=O)CC(C)C)[C@H](C)O2)[C@@H](O)[C@H]([C@@]2(O)CC(=O)C(=N)C(C(=O)O)=C2O)O[C@@H]1COC(C)=O. The first-order valence-electron chi connectivity index (χ1n) is 16.9. The Balaban J connectivity index is 2.13. The van der Waals surface area contributed by atoms with Gasteiger partial charge in [-0.25, -0.2) is 9.59 Å². The van der Waals surface area contributed by atoms with Crippen molar-refractivity contribution in [3.05, 3.63) is 23.1 Å². The van der Waals surface area contributed by atoms with E-state index in [1.165, 1.54) is 34.0 Å². The molecule has 300 valence electrons. The number of thiocarbonyl (C=S) groups is 1. The molecule has 0 spiro atoms. The van der Waals surface area contributed by atoms with E-state index < -0.39 is 126 Å². The van der Waals surface area contributed by atoms with Gasteiger partial charge in [0.05, 0.1) is 23.8 Å². The van der Waals surface area contributed by atoms with E-state index in [2.05, 4.69) is 17.2 Å². The van der Waals surface area contributed by atoms with E-state index in [4.69, 9.17) is 38.6 Å². The van der Waals surface area contributed by atoms with Crippen LogP contribution in [-0.4, -0.2) is 146 Å². The van der Waals surface area contributed by atoms with E-state index in [9.17, 15) is 49.5 Å². The summed E-state index contributed by atoms with van der Waals surface area (Å²) in [5.41, 5.74) is -7.73. The van der Waals surface area contributed by atoms with Crippen LogP contribution in [0, 0.1) is 11.3 Å². The number of aliphatic imine (C=N–C) groups is 1. The van der Waals surface area contributed by atoms with Crippen LogP contribution in [0.4, 0.5) is 0 Å². The van der Waals surface area contributed by atoms with Crippen LogP contribution < -0.4 is 0 Å². The summed E-state index contributed by atoms with van der Waals surface area (Å²) in [5, 5.41) is 66.1. The topological polar surface area (TPSA) is 287 Å². The minimum Gasteiger partial charge on any atom is -0.508 e. The molecule has 0 radical (unpaired) electrons. The zero-order chi connectivity index (χ0) is 40.9. The molecule has 0 aromatic carbocycles. The van der Waals surface area contributed by atoms with Gasteiger partial charge in [-0.1, -0.05) is 19.9 Å². The third-order valence-corrected chi connectivity index (χ3v) is 9.44. The van der Waals surface area contributed by atoms with E-state index >= 15 is 0 Å². The minimum absolute atomic E-state index is 0.0351. The Morgan fingerprint density at radius 2 is 1.81 bits per heavy atom. The molecule has 0 aromatic heterocycles. The van der Waals surface area contributed by atoms with Gasteiger partial charge in [-0.2, -0.15) is 4.99 Å². The van der Waals surface area contributed by atoms with Crippen molar-refractivity contribution >= 4 is 52.8 Å². The van der Waals surface area contributed by atoms with Crippen LogP contribution in [0.1, 0.15) is 60.8 Å². The molecule has 3 aliphatic rings. The van der Waals surface area contributed by atoms with Gasteiger partial charge in [0.1, 0.15) is 54.2 Å². The maximum atomic E-state index is 13.3. The third kappa shape index (κ3) is 9.27. The predicted octanol–water partition coefficient (Wildman–Crippen LogP) is 0.461. The number of carbonyl (C=O) groups is 5. The second-order valence-corrected chi connectivity index (χ2v) is 13.6. The summed E-state index contributed by atoms with van der Waals surface area (Å²) in [6.45, 7) is 8.21. The number of hydrogen-bond acceptors (Lipinski definition) is 19. The lowest BCUT2D eigenvalue weighted by Gasteiger charge is -2.52. The van der Waals surface area contributed by atoms with Crippen LogP contribution >= 0.6 is 12.2 Å². The van der Waals surface area contributed by atoms with Gasteiger partial charge in [0.2, 0.25) is 0 Å². The Morgan fingerprint density at radius 1 is 1.17 bits per heavy atom. The number of carboxylic acids is 1. The molecule has 0 unspecified atom stereocenters. The Hall–Kier alpha value is -3.98. The van der Waals surface area contributed by atoms with Gasteiger partial charge >= 0.3 is 23.9 Å². The average molecular weight is 787 g/mol. The molecule has 54 heavy (non-hydrogen) atoms. The fourth-order valence-electron chi connectivity index (χ4n) is 6.58. The molecular weight excluding hydrogens is 740 g/mol. The number of hydrogen-bond donors (Lipinski definition) is 6. The zero-order valence-corrected chi connectivity index (χ0v) is 31.5. The second-order valence-electron chi connectivity index (χ2n) is 13.4. The number of esters is 3. The predicted molar refractivity (Wildman–Crippen MR) is 184 cm³/mol. The van der Waals surface area contributed by atoms with Gasteiger partial charge in [0.15, 0.2) is 35.1 Å². The van der Waals surface area contributed by atoms with Crippen LogP contribution in [0.2, 0.25) is 0 Å². The quantitative estimate of drug-likeness (QED) is 0.0458. The van der Waals surface area contributed by atoms with Gasteiger partial charge in [0, 0.05) is 26.9 Å². The molecule has 2 heterocycles. The largest absolute Gasteiger partial charge is 0.508 e. The number of aliphatic hydroxyl groups is 4. The lowest BCUT2D eigenvalue weighted by Crippen LogP contribution is -2.70. The molecule has 20 heteroatoms. The monoisotopic (exact) mass is 786 g/mol. The molecule has 11 atom stereocenters. The number of methoxy groups -OCH3 is 1. The number of rotatable bonds is 14. The highest BCUT2D eigenvalue weighted by Crippen LogP contribution is 2.42. The summed E-state index contributed by atoms with van der Waals surface area (Å²) in [7, 11) is 1.27. The Bertz CT molecular complexity index is 1610. The van der Waals surface area contributed by atoms with Crippen molar-refractivity contribution in [1.82, 2.24) is 0 Å². The van der Waals surface area contributed by atoms with Crippen molar-refractivity contribution in [3.63, 3.8) is 0 Å². The van der Waals surface area contributed by atoms with Gasteiger partial charge in [0.25, 0.3) is 0 Å². The maximum Gasteiger partial charge on any atom is 0.357 e. The van der Waals surface area contributed by atoms with Gasteiger partial charge < -0.3 is 58.7 Å². The number of aliphatic hydroxyl groups excluding tert-OH is 2. The number of carbonyl (C=O) groups excluding carboxylic acids is 4. The molecule has 2 saturated heterocycles. The Morgan fingerprint density at radius 3 is 2.35 bits per heavy atom. The highest BCUT2D eigenvalue weighted by molar-refractivity contribution is 7.78. The van der Waals surface area contributed by atoms with E-state index in [0.717, 1.165) is 6.92 Å². The summed E-state index contributed by atoms with van der Waals surface area (Å²) >= 11 is 4.60. The minimum atomic E-state index is -3.03. The number of Topliss-reactive ketones (excluding diaryl/α,β-unsaturated/α-hetero) is 1. The van der Waals surface area contributed by atoms with Gasteiger partial charge in [-0.05, 0) is 38.9 Å². The molecule has 3 rings (SSSR count). The number of nitrogens with one attached hydrogen (secondary N) is 1. The lowest BCUT2D eigenvalue weighted by molar-refractivity contribution is -0.345. The number of carboxylic acid groups (broad SMARTS) is 1. The number of isothiocyanates is 1. The van der Waals surface area contributed by atoms with E-state index in [1.54, 1.807) is 0 Å². The van der Waals surface area contributed by atoms with Gasteiger partial charge in [-0.15, -0.1) is 0 Å². The smallest absolute Gasteiger partial charge is 0.357 e. The molecule has 19 nitrogen and oxygen atoms in total. The van der Waals surface area contributed by atoms with Crippen LogP contribution in [0.25, 0.3) is 0 Å². The van der Waals surface area contributed by atoms with Crippen LogP contribution in [-0.2, 0) is 57.1 Å². The molecule has 2 aliphatic heterocycles. The van der Waals surface area contributed by atoms with Crippen LogP contribution in [0.3, 0.4) is 0 Å². The number of aliphatic carboxylic acids is 1. The first kappa shape index (κ1) is 44.4. The van der Waals surface area contributed by atoms with Crippen molar-refractivity contribution in [1.29, 1.82) is 5.41 Å². The highest BCUT2D eigenvalue weighted by Gasteiger charge is 2.62. The van der Waals surface area contributed by atoms with E-state index in [0.29, 0.717) is 0 Å². The van der Waals surface area contributed by atoms with Crippen LogP contribution in [0.5, 0.6) is 0 Å². The standard InChI is InChI=1S/C34H46N2O17S/c1-8-18(36-13-54)32(44)53-27-20(12-48-17(6)37)51-30(33(45)11-19(38)25(35)24(29(33)41)31(42)43)26(40)28(27)52-23-10-21(47-7)34(46,16(5)50-23)15(4)49-22(39)9-14(2)3/h8,14-16,20-21,23,26-28,30,35,40-41,45-46H,9-12H2,1-7H3,(H,42,43)/b18-8-,35-25?/t15-,16-,20+,21-,23+,26+,27+,28-,30+,33+,34+/m0/s1. The zero-order valence-electron chi connectivity index (χ0n) is 30.7. The fourth-order valence-corrected chi connectivity index (χ4v) is 6.68. The lowest BCUT2D eigenvalue weighted by atomic mass is 9.74. The normalized spacial score (nSPS) is 33.8. The molecule has 0 aromatic rings. The molecule has 0 amide bonds. The highest BCUT2D eigenvalue weighted by atomic mass is 32.1. The fraction of sp³-hybridized carbons (Fsp3) is 0.676. The molecule has 6 N–H and O–H groups in total. The number of ketones is 1. The average Bonchev–Trinajstić information content (AvgIpc) is 3.08. The number of ether oxygens (including phenoxy) is 7. The first-order chi connectivity index (χ1) is 25.2. The number of nitrogens with zero attached hydrogens (tertiary/aromatic N) is 1. The first-order valence-corrected chi connectivity index (χ1v) is 17.3. The molecule has 1 aliphatic carbocycles. The summed E-state index contributed by atoms with van der Waals surface area (Å²) in [6, 6.07) is 0. The molecule has 0 bridgehead atoms. The Kier molecular flexibility index (Phi) is 14.9. The van der Waals surface area contributed by atoms with Crippen molar-refractivity contribution in [2.24, 2.45) is 10.9 Å².